The third kappa shape index (κ3) is 4.71. The Morgan fingerprint density at radius 2 is 1.79 bits per heavy atom. The first kappa shape index (κ1) is 17.2. The van der Waals surface area contributed by atoms with Crippen LogP contribution in [-0.4, -0.2) is 21.2 Å². The molecule has 3 rings (SSSR count). The number of rotatable bonds is 2. The van der Waals surface area contributed by atoms with Crippen LogP contribution in [0, 0.1) is 0 Å². The van der Waals surface area contributed by atoms with Crippen LogP contribution in [0.4, 0.5) is 0 Å². The van der Waals surface area contributed by atoms with E-state index >= 15 is 0 Å². The highest BCUT2D eigenvalue weighted by molar-refractivity contribution is 8.02. The Balaban J connectivity index is 1.77. The van der Waals surface area contributed by atoms with Crippen molar-refractivity contribution in [3.8, 4) is 0 Å². The average molecular weight is 359 g/mol. The van der Waals surface area contributed by atoms with E-state index in [-0.39, 0.29) is 5.25 Å². The van der Waals surface area contributed by atoms with Crippen molar-refractivity contribution in [3.05, 3.63) is 48.6 Å². The molecular weight excluding hydrogens is 336 g/mol. The molecule has 126 valence electrons. The topological polar surface area (TPSA) is 45.5 Å². The summed E-state index contributed by atoms with van der Waals surface area (Å²) in [5.74, 6) is 0. The van der Waals surface area contributed by atoms with Crippen molar-refractivity contribution >= 4 is 39.0 Å². The molecule has 1 aromatic heterocycles. The minimum Gasteiger partial charge on any atom is -0.411 e. The summed E-state index contributed by atoms with van der Waals surface area (Å²) in [5, 5.41) is 13.3. The van der Waals surface area contributed by atoms with Gasteiger partial charge in [0.1, 0.15) is 0 Å². The standard InChI is InChI=1S/C19H22N2OS2/c22-21-16-12-7-5-3-1-2-4-6-8-13-18(16)24-19-20-15-11-9-10-14-17(15)23-19/h3-6,9-11,14,18,22H,1-2,7-8,12-13H2/b5-3+,6-4+,21-16-/t18-/m0/s1. The molecule has 24 heavy (non-hydrogen) atoms. The molecule has 0 bridgehead atoms. The fraction of sp³-hybridized carbons (Fsp3) is 0.368. The molecule has 0 spiro atoms. The molecule has 0 radical (unpaired) electrons. The van der Waals surface area contributed by atoms with Gasteiger partial charge < -0.3 is 5.21 Å². The van der Waals surface area contributed by atoms with Crippen LogP contribution in [0.1, 0.15) is 38.5 Å². The number of thiazole rings is 1. The Morgan fingerprint density at radius 1 is 1.04 bits per heavy atom. The summed E-state index contributed by atoms with van der Waals surface area (Å²) in [7, 11) is 0. The SMILES string of the molecule is O/N=C1/CC/C=C/CC/C=C/CC[C@@H]1Sc1nc2ccccc2s1. The van der Waals surface area contributed by atoms with Crippen LogP contribution in [0.2, 0.25) is 0 Å². The van der Waals surface area contributed by atoms with Crippen LogP contribution < -0.4 is 0 Å². The van der Waals surface area contributed by atoms with E-state index in [9.17, 15) is 5.21 Å². The Labute approximate surface area is 151 Å². The Morgan fingerprint density at radius 3 is 2.58 bits per heavy atom. The summed E-state index contributed by atoms with van der Waals surface area (Å²) in [6.45, 7) is 0. The van der Waals surface area contributed by atoms with E-state index in [0.717, 1.165) is 54.1 Å². The minimum atomic E-state index is 0.174. The molecule has 1 aromatic carbocycles. The highest BCUT2D eigenvalue weighted by atomic mass is 32.2. The van der Waals surface area contributed by atoms with Gasteiger partial charge in [0.2, 0.25) is 0 Å². The van der Waals surface area contributed by atoms with Gasteiger partial charge in [-0.2, -0.15) is 0 Å². The number of fused-ring (bicyclic) bond motifs is 1. The molecule has 1 aliphatic rings. The van der Waals surface area contributed by atoms with E-state index in [4.69, 9.17) is 4.98 Å². The molecule has 0 fully saturated rings. The molecule has 0 aliphatic heterocycles. The summed E-state index contributed by atoms with van der Waals surface area (Å²) < 4.78 is 2.26. The lowest BCUT2D eigenvalue weighted by Gasteiger charge is -2.15. The monoisotopic (exact) mass is 358 g/mol. The van der Waals surface area contributed by atoms with Crippen molar-refractivity contribution in [2.24, 2.45) is 5.16 Å². The van der Waals surface area contributed by atoms with Gasteiger partial charge in [-0.1, -0.05) is 53.4 Å². The van der Waals surface area contributed by atoms with Crippen molar-refractivity contribution in [1.82, 2.24) is 4.98 Å². The van der Waals surface area contributed by atoms with Crippen LogP contribution >= 0.6 is 23.1 Å². The lowest BCUT2D eigenvalue weighted by molar-refractivity contribution is 0.316. The van der Waals surface area contributed by atoms with Gasteiger partial charge in [0.25, 0.3) is 0 Å². The second-order valence-electron chi connectivity index (χ2n) is 5.78. The third-order valence-electron chi connectivity index (χ3n) is 4.01. The van der Waals surface area contributed by atoms with Gasteiger partial charge in [-0.3, -0.25) is 0 Å². The average Bonchev–Trinajstić information content (AvgIpc) is 3.00. The van der Waals surface area contributed by atoms with Crippen molar-refractivity contribution in [3.63, 3.8) is 0 Å². The molecule has 1 heterocycles. The molecule has 5 heteroatoms. The van der Waals surface area contributed by atoms with E-state index in [1.807, 2.05) is 18.2 Å². The third-order valence-corrected chi connectivity index (χ3v) is 6.47. The van der Waals surface area contributed by atoms with E-state index in [1.165, 1.54) is 4.70 Å². The van der Waals surface area contributed by atoms with E-state index < -0.39 is 0 Å². The number of aromatic nitrogens is 1. The van der Waals surface area contributed by atoms with Crippen molar-refractivity contribution < 1.29 is 5.21 Å². The van der Waals surface area contributed by atoms with Gasteiger partial charge in [0.05, 0.1) is 21.2 Å². The maximum Gasteiger partial charge on any atom is 0.151 e. The van der Waals surface area contributed by atoms with Gasteiger partial charge in [-0.05, 0) is 50.7 Å². The summed E-state index contributed by atoms with van der Waals surface area (Å²) in [4.78, 5) is 4.72. The maximum atomic E-state index is 9.50. The first-order valence-corrected chi connectivity index (χ1v) is 10.1. The van der Waals surface area contributed by atoms with Crippen molar-refractivity contribution in [1.29, 1.82) is 0 Å². The summed E-state index contributed by atoms with van der Waals surface area (Å²) in [5.41, 5.74) is 1.92. The number of hydrogen-bond acceptors (Lipinski definition) is 5. The van der Waals surface area contributed by atoms with Crippen molar-refractivity contribution in [2.75, 3.05) is 0 Å². The van der Waals surface area contributed by atoms with Gasteiger partial charge >= 0.3 is 0 Å². The van der Waals surface area contributed by atoms with Crippen LogP contribution in [0.5, 0.6) is 0 Å². The van der Waals surface area contributed by atoms with Crippen LogP contribution in [0.25, 0.3) is 10.2 Å². The Hall–Kier alpha value is -1.59. The maximum absolute atomic E-state index is 9.50. The molecule has 1 atom stereocenters. The fourth-order valence-electron chi connectivity index (χ4n) is 2.73. The Kier molecular flexibility index (Phi) is 6.49. The molecule has 0 unspecified atom stereocenters. The van der Waals surface area contributed by atoms with E-state index in [0.29, 0.717) is 0 Å². The molecule has 0 amide bonds. The van der Waals surface area contributed by atoms with Crippen LogP contribution in [0.3, 0.4) is 0 Å². The number of thioether (sulfide) groups is 1. The number of nitrogens with zero attached hydrogens (tertiary/aromatic N) is 2. The van der Waals surface area contributed by atoms with E-state index in [1.54, 1.807) is 23.1 Å². The highest BCUT2D eigenvalue weighted by Crippen LogP contribution is 2.34. The van der Waals surface area contributed by atoms with Gasteiger partial charge in [0.15, 0.2) is 4.34 Å². The second kappa shape index (κ2) is 9.04. The first-order valence-electron chi connectivity index (χ1n) is 8.40. The molecule has 2 aromatic rings. The summed E-state index contributed by atoms with van der Waals surface area (Å²) in [6, 6.07) is 8.21. The predicted molar refractivity (Wildman–Crippen MR) is 104 cm³/mol. The quantitative estimate of drug-likeness (QED) is 0.403. The molecule has 0 saturated heterocycles. The molecule has 0 saturated carbocycles. The zero-order valence-electron chi connectivity index (χ0n) is 13.6. The number of allylic oxidation sites excluding steroid dienone is 4. The van der Waals surface area contributed by atoms with Gasteiger partial charge in [0, 0.05) is 0 Å². The number of oxime groups is 1. The van der Waals surface area contributed by atoms with Crippen LogP contribution in [-0.2, 0) is 0 Å². The summed E-state index contributed by atoms with van der Waals surface area (Å²) >= 11 is 3.45. The molecular formula is C19H22N2OS2. The van der Waals surface area contributed by atoms with Gasteiger partial charge in [-0.25, -0.2) is 4.98 Å². The predicted octanol–water partition coefficient (Wildman–Crippen LogP) is 6.05. The highest BCUT2D eigenvalue weighted by Gasteiger charge is 2.19. The number of benzene rings is 1. The van der Waals surface area contributed by atoms with Gasteiger partial charge in [-0.15, -0.1) is 11.3 Å². The Bertz CT molecular complexity index is 716. The first-order chi connectivity index (χ1) is 11.9. The molecule has 1 N–H and O–H groups in total. The second-order valence-corrected chi connectivity index (χ2v) is 8.26. The zero-order chi connectivity index (χ0) is 16.6. The molecule has 1 aliphatic carbocycles. The minimum absolute atomic E-state index is 0.174. The fourth-order valence-corrected chi connectivity index (χ4v) is 5.19. The van der Waals surface area contributed by atoms with E-state index in [2.05, 4.69) is 35.5 Å². The molecule has 3 nitrogen and oxygen atoms in total. The largest absolute Gasteiger partial charge is 0.411 e. The lowest BCUT2D eigenvalue weighted by Crippen LogP contribution is -2.17. The number of para-hydroxylation sites is 1. The zero-order valence-corrected chi connectivity index (χ0v) is 15.2. The van der Waals surface area contributed by atoms with Crippen molar-refractivity contribution in [2.45, 2.75) is 48.1 Å². The van der Waals surface area contributed by atoms with Crippen LogP contribution in [0.15, 0.2) is 58.1 Å². The lowest BCUT2D eigenvalue weighted by atomic mass is 10.1. The number of hydrogen-bond donors (Lipinski definition) is 1. The summed E-state index contributed by atoms with van der Waals surface area (Å²) in [6.07, 6.45) is 14.8. The smallest absolute Gasteiger partial charge is 0.151 e. The normalized spacial score (nSPS) is 24.3.